The molecule has 132 valence electrons. The molecule has 0 aromatic heterocycles. The van der Waals surface area contributed by atoms with E-state index in [4.69, 9.17) is 0 Å². The third-order valence-corrected chi connectivity index (χ3v) is 8.37. The summed E-state index contributed by atoms with van der Waals surface area (Å²) in [6.45, 7) is 6.76. The number of nitrogens with zero attached hydrogens (tertiary/aromatic N) is 1. The fourth-order valence-electron chi connectivity index (χ4n) is 6.87. The van der Waals surface area contributed by atoms with Gasteiger partial charge in [0.2, 0.25) is 5.91 Å². The van der Waals surface area contributed by atoms with Gasteiger partial charge in [-0.3, -0.25) is 4.79 Å². The van der Waals surface area contributed by atoms with Gasteiger partial charge in [0.25, 0.3) is 0 Å². The Labute approximate surface area is 145 Å². The van der Waals surface area contributed by atoms with E-state index in [-0.39, 0.29) is 22.8 Å². The molecular weight excluding hydrogens is 298 g/mol. The van der Waals surface area contributed by atoms with Gasteiger partial charge in [-0.05, 0) is 68.4 Å². The van der Waals surface area contributed by atoms with Crippen molar-refractivity contribution in [2.75, 3.05) is 7.05 Å². The Morgan fingerprint density at radius 3 is 2.71 bits per heavy atom. The number of carbonyl (C=O) groups is 1. The van der Waals surface area contributed by atoms with Gasteiger partial charge in [0.05, 0.1) is 6.10 Å². The molecule has 7 atom stereocenters. The van der Waals surface area contributed by atoms with Gasteiger partial charge >= 0.3 is 0 Å². The smallest absolute Gasteiger partial charge is 0.246 e. The third-order valence-electron chi connectivity index (χ3n) is 8.37. The molecule has 0 saturated heterocycles. The summed E-state index contributed by atoms with van der Waals surface area (Å²) in [6, 6.07) is 0.341. The van der Waals surface area contributed by atoms with Gasteiger partial charge in [0.15, 0.2) is 0 Å². The lowest BCUT2D eigenvalue weighted by Gasteiger charge is -2.59. The van der Waals surface area contributed by atoms with Crippen molar-refractivity contribution >= 4 is 5.91 Å². The maximum Gasteiger partial charge on any atom is 0.246 e. The largest absolute Gasteiger partial charge is 0.388 e. The molecule has 0 aromatic carbocycles. The van der Waals surface area contributed by atoms with E-state index in [2.05, 4.69) is 32.9 Å². The summed E-state index contributed by atoms with van der Waals surface area (Å²) >= 11 is 0. The number of carbonyl (C=O) groups excluding carboxylic acids is 1. The minimum Gasteiger partial charge on any atom is -0.388 e. The molecule has 4 aliphatic rings. The molecule has 0 unspecified atom stereocenters. The Morgan fingerprint density at radius 2 is 2.00 bits per heavy atom. The van der Waals surface area contributed by atoms with Crippen LogP contribution in [0.4, 0.5) is 0 Å². The van der Waals surface area contributed by atoms with Crippen LogP contribution in [0.5, 0.6) is 0 Å². The lowest BCUT2D eigenvalue weighted by atomic mass is 9.48. The van der Waals surface area contributed by atoms with E-state index in [1.807, 2.05) is 11.9 Å². The fourth-order valence-corrected chi connectivity index (χ4v) is 6.87. The van der Waals surface area contributed by atoms with Crippen LogP contribution < -0.4 is 0 Å². The monoisotopic (exact) mass is 329 g/mol. The Hall–Kier alpha value is -1.09. The zero-order valence-corrected chi connectivity index (χ0v) is 15.5. The van der Waals surface area contributed by atoms with Crippen molar-refractivity contribution < 1.29 is 9.90 Å². The number of fused-ring (bicyclic) bond motifs is 5. The van der Waals surface area contributed by atoms with Crippen molar-refractivity contribution in [1.82, 2.24) is 4.90 Å². The first-order chi connectivity index (χ1) is 11.3. The number of amides is 1. The number of hydrogen-bond donors (Lipinski definition) is 1. The SMILES string of the molecule is CC=C1C[C@H]2[C@@H]3CC[C@H]4N(C)C(=O)C=C[C@]4(C)[C@H]3CC[C@]2(C)[C@H]1O. The van der Waals surface area contributed by atoms with Crippen LogP contribution in [-0.4, -0.2) is 35.1 Å². The summed E-state index contributed by atoms with van der Waals surface area (Å²) < 4.78 is 0. The van der Waals surface area contributed by atoms with Crippen molar-refractivity contribution in [3.05, 3.63) is 23.8 Å². The molecule has 3 saturated carbocycles. The molecule has 3 nitrogen and oxygen atoms in total. The van der Waals surface area contributed by atoms with Crippen molar-refractivity contribution in [3.8, 4) is 0 Å². The molecule has 24 heavy (non-hydrogen) atoms. The molecule has 3 heteroatoms. The first kappa shape index (κ1) is 16.4. The highest BCUT2D eigenvalue weighted by atomic mass is 16.3. The minimum absolute atomic E-state index is 0.0479. The molecule has 0 bridgehead atoms. The summed E-state index contributed by atoms with van der Waals surface area (Å²) in [5, 5.41) is 10.9. The van der Waals surface area contributed by atoms with E-state index in [1.165, 1.54) is 18.4 Å². The highest BCUT2D eigenvalue weighted by molar-refractivity contribution is 5.89. The van der Waals surface area contributed by atoms with Gasteiger partial charge in [-0.1, -0.05) is 26.0 Å². The molecular formula is C21H31NO2. The van der Waals surface area contributed by atoms with Gasteiger partial charge in [0, 0.05) is 23.9 Å². The van der Waals surface area contributed by atoms with Gasteiger partial charge in [-0.2, -0.15) is 0 Å². The van der Waals surface area contributed by atoms with Crippen LogP contribution in [0, 0.1) is 28.6 Å². The normalized spacial score (nSPS) is 52.2. The second-order valence-electron chi connectivity index (χ2n) is 9.13. The van der Waals surface area contributed by atoms with Crippen LogP contribution in [-0.2, 0) is 4.79 Å². The van der Waals surface area contributed by atoms with E-state index < -0.39 is 0 Å². The number of rotatable bonds is 0. The van der Waals surface area contributed by atoms with Gasteiger partial charge < -0.3 is 10.0 Å². The van der Waals surface area contributed by atoms with Crippen LogP contribution in [0.15, 0.2) is 23.8 Å². The first-order valence-electron chi connectivity index (χ1n) is 9.62. The molecule has 3 fully saturated rings. The zero-order chi connectivity index (χ0) is 17.3. The number of aliphatic hydroxyl groups is 1. The van der Waals surface area contributed by atoms with E-state index in [0.29, 0.717) is 23.8 Å². The average Bonchev–Trinajstić information content (AvgIpc) is 2.83. The summed E-state index contributed by atoms with van der Waals surface area (Å²) in [5.74, 6) is 2.04. The fraction of sp³-hybridized carbons (Fsp3) is 0.762. The van der Waals surface area contributed by atoms with Crippen molar-refractivity contribution in [2.24, 2.45) is 28.6 Å². The van der Waals surface area contributed by atoms with Gasteiger partial charge in [0.1, 0.15) is 0 Å². The van der Waals surface area contributed by atoms with Crippen LogP contribution in [0.2, 0.25) is 0 Å². The predicted octanol–water partition coefficient (Wildman–Crippen LogP) is 3.54. The van der Waals surface area contributed by atoms with E-state index >= 15 is 0 Å². The summed E-state index contributed by atoms with van der Waals surface area (Å²) in [4.78, 5) is 14.1. The lowest BCUT2D eigenvalue weighted by Crippen LogP contribution is -2.59. The number of likely N-dealkylation sites (N-methyl/N-ethyl adjacent to an activating group) is 1. The zero-order valence-electron chi connectivity index (χ0n) is 15.5. The van der Waals surface area contributed by atoms with E-state index in [0.717, 1.165) is 19.3 Å². The highest BCUT2D eigenvalue weighted by Crippen LogP contribution is 2.64. The molecule has 0 spiro atoms. The molecule has 1 heterocycles. The van der Waals surface area contributed by atoms with Gasteiger partial charge in [-0.15, -0.1) is 0 Å². The molecule has 0 radical (unpaired) electrons. The van der Waals surface area contributed by atoms with Crippen molar-refractivity contribution in [3.63, 3.8) is 0 Å². The lowest BCUT2D eigenvalue weighted by molar-refractivity contribution is -0.140. The molecule has 1 aliphatic heterocycles. The van der Waals surface area contributed by atoms with Crippen molar-refractivity contribution in [1.29, 1.82) is 0 Å². The Bertz CT molecular complexity index is 623. The highest BCUT2D eigenvalue weighted by Gasteiger charge is 2.61. The summed E-state index contributed by atoms with van der Waals surface area (Å²) in [5.41, 5.74) is 1.39. The van der Waals surface area contributed by atoms with Crippen LogP contribution in [0.25, 0.3) is 0 Å². The molecule has 3 aliphatic carbocycles. The second-order valence-corrected chi connectivity index (χ2v) is 9.13. The van der Waals surface area contributed by atoms with E-state index in [9.17, 15) is 9.90 Å². The maximum absolute atomic E-state index is 12.1. The van der Waals surface area contributed by atoms with Crippen LogP contribution in [0.1, 0.15) is 52.9 Å². The summed E-state index contributed by atoms with van der Waals surface area (Å²) in [7, 11) is 1.97. The maximum atomic E-state index is 12.1. The van der Waals surface area contributed by atoms with Crippen LogP contribution in [0.3, 0.4) is 0 Å². The standard InChI is InChI=1S/C21H31NO2/c1-5-13-12-16-14-6-7-17-20(2,11-9-18(23)22(17)4)15(14)8-10-21(16,3)19(13)24/h5,9,11,14-17,19,24H,6-8,10,12H2,1-4H3/t14-,15+,16+,17-,19+,20-,21+/m1/s1. The van der Waals surface area contributed by atoms with Crippen molar-refractivity contribution in [2.45, 2.75) is 65.0 Å². The Morgan fingerprint density at radius 1 is 1.25 bits per heavy atom. The Kier molecular flexibility index (Phi) is 3.55. The second kappa shape index (κ2) is 5.20. The van der Waals surface area contributed by atoms with Gasteiger partial charge in [-0.25, -0.2) is 0 Å². The third kappa shape index (κ3) is 1.91. The topological polar surface area (TPSA) is 40.5 Å². The van der Waals surface area contributed by atoms with E-state index in [1.54, 1.807) is 6.08 Å². The molecule has 0 aromatic rings. The number of allylic oxidation sites excluding steroid dienone is 1. The molecule has 4 rings (SSSR count). The summed E-state index contributed by atoms with van der Waals surface area (Å²) in [6.07, 6.45) is 11.5. The quantitative estimate of drug-likeness (QED) is 0.691. The minimum atomic E-state index is -0.259. The molecule has 1 amide bonds. The number of aliphatic hydroxyl groups excluding tert-OH is 1. The predicted molar refractivity (Wildman–Crippen MR) is 95.2 cm³/mol. The first-order valence-corrected chi connectivity index (χ1v) is 9.62. The number of hydrogen-bond acceptors (Lipinski definition) is 2. The average molecular weight is 329 g/mol. The molecule has 1 N–H and O–H groups in total. The Balaban J connectivity index is 1.71. The van der Waals surface area contributed by atoms with Crippen LogP contribution >= 0.6 is 0 Å².